The van der Waals surface area contributed by atoms with Gasteiger partial charge in [0.05, 0.1) is 6.04 Å². The van der Waals surface area contributed by atoms with Crippen molar-refractivity contribution in [3.8, 4) is 0 Å². The number of hydrogen-bond donors (Lipinski definition) is 2. The molecule has 0 bridgehead atoms. The van der Waals surface area contributed by atoms with Crippen molar-refractivity contribution in [2.45, 2.75) is 31.8 Å². The Morgan fingerprint density at radius 1 is 1.43 bits per heavy atom. The third-order valence-corrected chi connectivity index (χ3v) is 2.30. The van der Waals surface area contributed by atoms with Crippen LogP contribution in [-0.2, 0) is 14.4 Å². The van der Waals surface area contributed by atoms with E-state index in [0.717, 1.165) is 4.90 Å². The van der Waals surface area contributed by atoms with Crippen molar-refractivity contribution in [3.63, 3.8) is 0 Å². The van der Waals surface area contributed by atoms with Gasteiger partial charge in [-0.3, -0.25) is 19.3 Å². The van der Waals surface area contributed by atoms with Crippen molar-refractivity contribution in [2.75, 3.05) is 0 Å². The van der Waals surface area contributed by atoms with Crippen LogP contribution in [0.2, 0.25) is 0 Å². The summed E-state index contributed by atoms with van der Waals surface area (Å²) in [6.07, 6.45) is 0.297. The first-order valence-corrected chi connectivity index (χ1v) is 4.28. The summed E-state index contributed by atoms with van der Waals surface area (Å²) in [5.41, 5.74) is 5.32. The Bertz CT molecular complexity index is 273. The SMILES string of the molecule is CC(C(N)C(=O)O)N1C(=O)CCC1=O. The van der Waals surface area contributed by atoms with Gasteiger partial charge in [-0.2, -0.15) is 0 Å². The fraction of sp³-hybridized carbons (Fsp3) is 0.625. The van der Waals surface area contributed by atoms with Crippen LogP contribution in [0, 0.1) is 0 Å². The maximum absolute atomic E-state index is 11.2. The molecule has 0 aromatic rings. The molecule has 1 rings (SSSR count). The highest BCUT2D eigenvalue weighted by Gasteiger charge is 2.37. The number of carbonyl (C=O) groups excluding carboxylic acids is 2. The predicted octanol–water partition coefficient (Wildman–Crippen LogP) is -1.06. The molecule has 2 unspecified atom stereocenters. The van der Waals surface area contributed by atoms with Crippen LogP contribution in [-0.4, -0.2) is 39.9 Å². The summed E-state index contributed by atoms with van der Waals surface area (Å²) in [6.45, 7) is 1.46. The van der Waals surface area contributed by atoms with Crippen LogP contribution in [0.1, 0.15) is 19.8 Å². The fourth-order valence-electron chi connectivity index (χ4n) is 1.42. The molecule has 2 amide bonds. The molecule has 3 N–H and O–H groups in total. The van der Waals surface area contributed by atoms with Crippen LogP contribution in [0.25, 0.3) is 0 Å². The molecule has 6 nitrogen and oxygen atoms in total. The van der Waals surface area contributed by atoms with E-state index in [0.29, 0.717) is 0 Å². The molecule has 78 valence electrons. The first-order chi connectivity index (χ1) is 6.45. The standard InChI is InChI=1S/C8H12N2O4/c1-4(7(9)8(13)14)10-5(11)2-3-6(10)12/h4,7H,2-3,9H2,1H3,(H,13,14). The number of carbonyl (C=O) groups is 3. The Kier molecular flexibility index (Phi) is 2.85. The third kappa shape index (κ3) is 1.74. The van der Waals surface area contributed by atoms with Crippen LogP contribution in [0.5, 0.6) is 0 Å². The molecule has 0 aliphatic carbocycles. The zero-order valence-electron chi connectivity index (χ0n) is 7.77. The van der Waals surface area contributed by atoms with Crippen molar-refractivity contribution in [2.24, 2.45) is 5.73 Å². The van der Waals surface area contributed by atoms with Crippen molar-refractivity contribution < 1.29 is 19.5 Å². The average molecular weight is 200 g/mol. The third-order valence-electron chi connectivity index (χ3n) is 2.30. The van der Waals surface area contributed by atoms with Gasteiger partial charge in [0, 0.05) is 12.8 Å². The van der Waals surface area contributed by atoms with E-state index in [9.17, 15) is 14.4 Å². The number of aliphatic carboxylic acids is 1. The van der Waals surface area contributed by atoms with Gasteiger partial charge in [0.1, 0.15) is 6.04 Å². The fourth-order valence-corrected chi connectivity index (χ4v) is 1.42. The van der Waals surface area contributed by atoms with E-state index < -0.39 is 18.1 Å². The molecule has 6 heteroatoms. The molecule has 1 heterocycles. The highest BCUT2D eigenvalue weighted by atomic mass is 16.4. The van der Waals surface area contributed by atoms with Gasteiger partial charge in [-0.25, -0.2) is 0 Å². The summed E-state index contributed by atoms with van der Waals surface area (Å²) in [5, 5.41) is 8.61. The molecule has 1 aliphatic rings. The lowest BCUT2D eigenvalue weighted by Crippen LogP contribution is -2.52. The maximum atomic E-state index is 11.2. The molecule has 2 atom stereocenters. The first kappa shape index (κ1) is 10.6. The lowest BCUT2D eigenvalue weighted by atomic mass is 10.1. The maximum Gasteiger partial charge on any atom is 0.322 e. The zero-order valence-corrected chi connectivity index (χ0v) is 7.77. The van der Waals surface area contributed by atoms with E-state index in [2.05, 4.69) is 0 Å². The van der Waals surface area contributed by atoms with Gasteiger partial charge in [0.2, 0.25) is 11.8 Å². The van der Waals surface area contributed by atoms with Crippen molar-refractivity contribution >= 4 is 17.8 Å². The minimum atomic E-state index is -1.22. The molecule has 0 saturated carbocycles. The number of amides is 2. The van der Waals surface area contributed by atoms with Gasteiger partial charge in [0.25, 0.3) is 0 Å². The van der Waals surface area contributed by atoms with E-state index >= 15 is 0 Å². The van der Waals surface area contributed by atoms with E-state index in [1.165, 1.54) is 6.92 Å². The number of nitrogens with two attached hydrogens (primary N) is 1. The lowest BCUT2D eigenvalue weighted by Gasteiger charge is -2.25. The Hall–Kier alpha value is -1.43. The number of likely N-dealkylation sites (tertiary alicyclic amines) is 1. The van der Waals surface area contributed by atoms with Gasteiger partial charge in [-0.1, -0.05) is 0 Å². The van der Waals surface area contributed by atoms with Gasteiger partial charge in [0.15, 0.2) is 0 Å². The molecule has 0 spiro atoms. The molecule has 1 aliphatic heterocycles. The van der Waals surface area contributed by atoms with Gasteiger partial charge in [-0.05, 0) is 6.92 Å². The average Bonchev–Trinajstić information content (AvgIpc) is 2.44. The number of carboxylic acid groups (broad SMARTS) is 1. The Morgan fingerprint density at radius 3 is 2.21 bits per heavy atom. The molecule has 14 heavy (non-hydrogen) atoms. The monoisotopic (exact) mass is 200 g/mol. The summed E-state index contributed by atoms with van der Waals surface area (Å²) in [5.74, 6) is -1.91. The van der Waals surface area contributed by atoms with Crippen LogP contribution < -0.4 is 5.73 Å². The minimum absolute atomic E-state index is 0.148. The van der Waals surface area contributed by atoms with Crippen LogP contribution in [0.15, 0.2) is 0 Å². The van der Waals surface area contributed by atoms with E-state index in [-0.39, 0.29) is 24.7 Å². The molecule has 1 fully saturated rings. The highest BCUT2D eigenvalue weighted by Crippen LogP contribution is 2.16. The summed E-state index contributed by atoms with van der Waals surface area (Å²) >= 11 is 0. The normalized spacial score (nSPS) is 21.1. The smallest absolute Gasteiger partial charge is 0.322 e. The van der Waals surface area contributed by atoms with E-state index in [4.69, 9.17) is 10.8 Å². The molecule has 0 aromatic carbocycles. The second-order valence-electron chi connectivity index (χ2n) is 3.26. The van der Waals surface area contributed by atoms with Gasteiger partial charge >= 0.3 is 5.97 Å². The predicted molar refractivity (Wildman–Crippen MR) is 46.2 cm³/mol. The van der Waals surface area contributed by atoms with E-state index in [1.54, 1.807) is 0 Å². The molecular formula is C8H12N2O4. The number of hydrogen-bond acceptors (Lipinski definition) is 4. The van der Waals surface area contributed by atoms with Crippen LogP contribution in [0.3, 0.4) is 0 Å². The number of rotatable bonds is 3. The summed E-state index contributed by atoms with van der Waals surface area (Å²) in [6, 6.07) is -2.00. The Morgan fingerprint density at radius 2 is 1.86 bits per heavy atom. The van der Waals surface area contributed by atoms with Crippen molar-refractivity contribution in [1.82, 2.24) is 4.90 Å². The first-order valence-electron chi connectivity index (χ1n) is 4.28. The quantitative estimate of drug-likeness (QED) is 0.565. The van der Waals surface area contributed by atoms with Crippen molar-refractivity contribution in [3.05, 3.63) is 0 Å². The number of imide groups is 1. The lowest BCUT2D eigenvalue weighted by molar-refractivity contribution is -0.145. The summed E-state index contributed by atoms with van der Waals surface area (Å²) < 4.78 is 0. The highest BCUT2D eigenvalue weighted by molar-refractivity contribution is 6.02. The molecule has 0 aromatic heterocycles. The number of carboxylic acids is 1. The van der Waals surface area contributed by atoms with Crippen LogP contribution in [0.4, 0.5) is 0 Å². The second-order valence-corrected chi connectivity index (χ2v) is 3.26. The second kappa shape index (κ2) is 3.75. The topological polar surface area (TPSA) is 101 Å². The Balaban J connectivity index is 2.77. The molecular weight excluding hydrogens is 188 g/mol. The van der Waals surface area contributed by atoms with Crippen LogP contribution >= 0.6 is 0 Å². The largest absolute Gasteiger partial charge is 0.480 e. The van der Waals surface area contributed by atoms with Crippen molar-refractivity contribution in [1.29, 1.82) is 0 Å². The van der Waals surface area contributed by atoms with E-state index in [1.807, 2.05) is 0 Å². The summed E-state index contributed by atoms with van der Waals surface area (Å²) in [4.78, 5) is 33.9. The molecule has 0 radical (unpaired) electrons. The Labute approximate surface area is 80.7 Å². The zero-order chi connectivity index (χ0) is 10.9. The minimum Gasteiger partial charge on any atom is -0.480 e. The summed E-state index contributed by atoms with van der Waals surface area (Å²) in [7, 11) is 0. The molecule has 1 saturated heterocycles. The van der Waals surface area contributed by atoms with Gasteiger partial charge < -0.3 is 10.8 Å². The number of nitrogens with zero attached hydrogens (tertiary/aromatic N) is 1. The van der Waals surface area contributed by atoms with Gasteiger partial charge in [-0.15, -0.1) is 0 Å².